The van der Waals surface area contributed by atoms with E-state index in [1.165, 1.54) is 0 Å². The van der Waals surface area contributed by atoms with Crippen molar-refractivity contribution in [1.29, 1.82) is 0 Å². The van der Waals surface area contributed by atoms with E-state index in [2.05, 4.69) is 4.57 Å². The number of aromatic nitrogens is 2. The Morgan fingerprint density at radius 3 is 2.48 bits per heavy atom. The van der Waals surface area contributed by atoms with Crippen molar-refractivity contribution in [1.82, 2.24) is 9.55 Å². The maximum Gasteiger partial charge on any atom is 0.251 e. The Morgan fingerprint density at radius 1 is 1.00 bits per heavy atom. The van der Waals surface area contributed by atoms with Gasteiger partial charge in [-0.15, -0.1) is 0 Å². The number of pyridine rings is 1. The van der Waals surface area contributed by atoms with Crippen molar-refractivity contribution >= 4 is 16.8 Å². The lowest BCUT2D eigenvalue weighted by molar-refractivity contribution is 0.1000. The third-order valence-electron chi connectivity index (χ3n) is 5.41. The molecule has 0 saturated carbocycles. The maximum atomic E-state index is 12.4. The van der Waals surface area contributed by atoms with Gasteiger partial charge in [0.1, 0.15) is 5.75 Å². The number of para-hydroxylation sites is 2. The second-order valence-electron chi connectivity index (χ2n) is 7.07. The summed E-state index contributed by atoms with van der Waals surface area (Å²) in [6, 6.07) is 19.8. The van der Waals surface area contributed by atoms with E-state index in [-0.39, 0.29) is 0 Å². The molecule has 0 aliphatic heterocycles. The molecular formula is C24H23N3O2. The van der Waals surface area contributed by atoms with E-state index >= 15 is 0 Å². The molecule has 1 amide bonds. The number of fused-ring (bicyclic) bond motifs is 1. The van der Waals surface area contributed by atoms with Crippen LogP contribution in [0.15, 0.2) is 60.7 Å². The molecule has 0 aliphatic rings. The lowest BCUT2D eigenvalue weighted by atomic mass is 10.0. The first-order chi connectivity index (χ1) is 14.0. The van der Waals surface area contributed by atoms with E-state index in [9.17, 15) is 4.79 Å². The van der Waals surface area contributed by atoms with Gasteiger partial charge in [0.15, 0.2) is 0 Å². The Kier molecular flexibility index (Phi) is 4.80. The van der Waals surface area contributed by atoms with Crippen molar-refractivity contribution in [3.8, 4) is 17.0 Å². The first kappa shape index (κ1) is 18.7. The molecule has 4 rings (SSSR count). The molecule has 0 fully saturated rings. The number of ether oxygens (including phenoxy) is 1. The van der Waals surface area contributed by atoms with Gasteiger partial charge < -0.3 is 15.0 Å². The highest BCUT2D eigenvalue weighted by atomic mass is 16.5. The van der Waals surface area contributed by atoms with Crippen molar-refractivity contribution < 1.29 is 9.53 Å². The average Bonchev–Trinajstić information content (AvgIpc) is 2.98. The van der Waals surface area contributed by atoms with E-state index in [4.69, 9.17) is 15.5 Å². The number of benzene rings is 2. The third kappa shape index (κ3) is 3.25. The SMILES string of the molecule is COc1ccccc1Cn1c(C)c(C(N)=O)c(-c2ccc3ccccc3n2)c1C. The van der Waals surface area contributed by atoms with E-state index in [1.54, 1.807) is 7.11 Å². The van der Waals surface area contributed by atoms with Crippen LogP contribution in [0.25, 0.3) is 22.2 Å². The minimum absolute atomic E-state index is 0.450. The number of amides is 1. The van der Waals surface area contributed by atoms with Gasteiger partial charge in [-0.05, 0) is 32.0 Å². The predicted octanol–water partition coefficient (Wildman–Crippen LogP) is 4.48. The van der Waals surface area contributed by atoms with Gasteiger partial charge in [0.25, 0.3) is 5.91 Å². The van der Waals surface area contributed by atoms with E-state index in [0.717, 1.165) is 44.9 Å². The van der Waals surface area contributed by atoms with Crippen LogP contribution < -0.4 is 10.5 Å². The molecule has 2 aromatic heterocycles. The second-order valence-corrected chi connectivity index (χ2v) is 7.07. The molecule has 0 bridgehead atoms. The highest BCUT2D eigenvalue weighted by Crippen LogP contribution is 2.33. The summed E-state index contributed by atoms with van der Waals surface area (Å²) in [6.07, 6.45) is 0. The van der Waals surface area contributed by atoms with Crippen LogP contribution in [0.3, 0.4) is 0 Å². The zero-order valence-corrected chi connectivity index (χ0v) is 16.8. The Labute approximate surface area is 169 Å². The second kappa shape index (κ2) is 7.43. The zero-order chi connectivity index (χ0) is 20.5. The highest BCUT2D eigenvalue weighted by molar-refractivity contribution is 6.02. The highest BCUT2D eigenvalue weighted by Gasteiger charge is 2.24. The summed E-state index contributed by atoms with van der Waals surface area (Å²) < 4.78 is 7.60. The predicted molar refractivity (Wildman–Crippen MR) is 115 cm³/mol. The van der Waals surface area contributed by atoms with Gasteiger partial charge in [-0.25, -0.2) is 4.98 Å². The van der Waals surface area contributed by atoms with Gasteiger partial charge in [0.2, 0.25) is 0 Å². The molecule has 0 spiro atoms. The summed E-state index contributed by atoms with van der Waals surface area (Å²) in [5, 5.41) is 1.06. The van der Waals surface area contributed by atoms with Gasteiger partial charge in [0.05, 0.1) is 30.4 Å². The Balaban J connectivity index is 1.90. The number of hydrogen-bond acceptors (Lipinski definition) is 3. The molecule has 0 radical (unpaired) electrons. The molecule has 2 N–H and O–H groups in total. The summed E-state index contributed by atoms with van der Waals surface area (Å²) >= 11 is 0. The number of hydrogen-bond donors (Lipinski definition) is 1. The van der Waals surface area contributed by atoms with Crippen LogP contribution >= 0.6 is 0 Å². The number of carbonyl (C=O) groups is 1. The number of rotatable bonds is 5. The summed E-state index contributed by atoms with van der Waals surface area (Å²) in [4.78, 5) is 17.2. The first-order valence-electron chi connectivity index (χ1n) is 9.48. The Hall–Kier alpha value is -3.60. The monoisotopic (exact) mass is 385 g/mol. The average molecular weight is 385 g/mol. The van der Waals surface area contributed by atoms with E-state index in [0.29, 0.717) is 12.1 Å². The summed E-state index contributed by atoms with van der Waals surface area (Å²) in [7, 11) is 1.66. The smallest absolute Gasteiger partial charge is 0.251 e. The van der Waals surface area contributed by atoms with Crippen LogP contribution in [-0.4, -0.2) is 22.6 Å². The number of nitrogens with two attached hydrogens (primary N) is 1. The largest absolute Gasteiger partial charge is 0.496 e. The third-order valence-corrected chi connectivity index (χ3v) is 5.41. The van der Waals surface area contributed by atoms with Gasteiger partial charge in [-0.3, -0.25) is 4.79 Å². The lowest BCUT2D eigenvalue weighted by Gasteiger charge is -2.13. The minimum atomic E-state index is -0.450. The Morgan fingerprint density at radius 2 is 1.72 bits per heavy atom. The molecule has 0 unspecified atom stereocenters. The number of methoxy groups -OCH3 is 1. The molecule has 4 aromatic rings. The molecule has 2 aromatic carbocycles. The van der Waals surface area contributed by atoms with Crippen LogP contribution in [-0.2, 0) is 6.54 Å². The van der Waals surface area contributed by atoms with E-state index < -0.39 is 5.91 Å². The molecule has 5 heteroatoms. The van der Waals surface area contributed by atoms with Gasteiger partial charge in [-0.1, -0.05) is 42.5 Å². The number of nitrogens with zero attached hydrogens (tertiary/aromatic N) is 2. The fourth-order valence-electron chi connectivity index (χ4n) is 3.94. The molecule has 2 heterocycles. The van der Waals surface area contributed by atoms with Gasteiger partial charge in [0, 0.05) is 27.9 Å². The van der Waals surface area contributed by atoms with Gasteiger partial charge in [-0.2, -0.15) is 0 Å². The fourth-order valence-corrected chi connectivity index (χ4v) is 3.94. The quantitative estimate of drug-likeness (QED) is 0.551. The molecule has 0 atom stereocenters. The van der Waals surface area contributed by atoms with Crippen molar-refractivity contribution in [2.24, 2.45) is 5.73 Å². The summed E-state index contributed by atoms with van der Waals surface area (Å²) in [6.45, 7) is 4.50. The maximum absolute atomic E-state index is 12.4. The number of carbonyl (C=O) groups excluding carboxylic acids is 1. The minimum Gasteiger partial charge on any atom is -0.496 e. The lowest BCUT2D eigenvalue weighted by Crippen LogP contribution is -2.14. The van der Waals surface area contributed by atoms with Crippen LogP contribution in [0.2, 0.25) is 0 Å². The zero-order valence-electron chi connectivity index (χ0n) is 16.8. The molecule has 146 valence electrons. The van der Waals surface area contributed by atoms with Crippen molar-refractivity contribution in [3.05, 3.63) is 83.2 Å². The van der Waals surface area contributed by atoms with Crippen LogP contribution in [0.1, 0.15) is 27.3 Å². The molecule has 5 nitrogen and oxygen atoms in total. The fraction of sp³-hybridized carbons (Fsp3) is 0.167. The number of primary amides is 1. The standard InChI is InChI=1S/C24H23N3O2/c1-15-22(20-13-12-17-8-4-6-10-19(17)26-20)23(24(25)28)16(2)27(15)14-18-9-5-7-11-21(18)29-3/h4-13H,14H2,1-3H3,(H2,25,28). The van der Waals surface area contributed by atoms with Crippen LogP contribution in [0.4, 0.5) is 0 Å². The molecular weight excluding hydrogens is 362 g/mol. The summed E-state index contributed by atoms with van der Waals surface area (Å²) in [5.41, 5.74) is 11.5. The topological polar surface area (TPSA) is 70.1 Å². The van der Waals surface area contributed by atoms with Gasteiger partial charge >= 0.3 is 0 Å². The normalized spacial score (nSPS) is 11.0. The van der Waals surface area contributed by atoms with Crippen molar-refractivity contribution in [2.45, 2.75) is 20.4 Å². The van der Waals surface area contributed by atoms with Crippen LogP contribution in [0.5, 0.6) is 5.75 Å². The van der Waals surface area contributed by atoms with Crippen molar-refractivity contribution in [3.63, 3.8) is 0 Å². The van der Waals surface area contributed by atoms with Crippen LogP contribution in [0, 0.1) is 13.8 Å². The Bertz CT molecular complexity index is 1220. The molecule has 29 heavy (non-hydrogen) atoms. The summed E-state index contributed by atoms with van der Waals surface area (Å²) in [5.74, 6) is 0.361. The van der Waals surface area contributed by atoms with Crippen molar-refractivity contribution in [2.75, 3.05) is 7.11 Å². The first-order valence-corrected chi connectivity index (χ1v) is 9.48. The molecule has 0 aliphatic carbocycles. The molecule has 0 saturated heterocycles. The van der Waals surface area contributed by atoms with E-state index in [1.807, 2.05) is 74.5 Å².